The van der Waals surface area contributed by atoms with Crippen LogP contribution in [0.15, 0.2) is 65.8 Å². The lowest BCUT2D eigenvalue weighted by molar-refractivity contribution is -0.118. The fraction of sp³-hybridized carbons (Fsp3) is 0.250. The van der Waals surface area contributed by atoms with Crippen LogP contribution in [0.2, 0.25) is 0 Å². The van der Waals surface area contributed by atoms with E-state index in [1.54, 1.807) is 11.6 Å². The summed E-state index contributed by atoms with van der Waals surface area (Å²) in [4.78, 5) is 12.3. The van der Waals surface area contributed by atoms with E-state index in [-0.39, 0.29) is 11.7 Å². The molecule has 0 aliphatic rings. The van der Waals surface area contributed by atoms with E-state index in [0.29, 0.717) is 24.0 Å². The Morgan fingerprint density at radius 2 is 1.76 bits per heavy atom. The Hall–Kier alpha value is -3.59. The van der Waals surface area contributed by atoms with Crippen LogP contribution in [0.3, 0.4) is 0 Å². The van der Waals surface area contributed by atoms with Crippen molar-refractivity contribution in [2.45, 2.75) is 18.5 Å². The van der Waals surface area contributed by atoms with E-state index in [9.17, 15) is 4.79 Å². The number of fused-ring (bicyclic) bond motifs is 1. The maximum atomic E-state index is 12.3. The van der Waals surface area contributed by atoms with Crippen LogP contribution < -0.4 is 14.8 Å². The van der Waals surface area contributed by atoms with Gasteiger partial charge in [0.2, 0.25) is 11.1 Å². The van der Waals surface area contributed by atoms with Gasteiger partial charge in [0.15, 0.2) is 5.65 Å². The van der Waals surface area contributed by atoms with Crippen LogP contribution in [0.1, 0.15) is 12.5 Å². The van der Waals surface area contributed by atoms with Crippen molar-refractivity contribution in [2.24, 2.45) is 0 Å². The molecule has 0 spiro atoms. The quantitative estimate of drug-likeness (QED) is 0.359. The molecule has 9 heteroatoms. The summed E-state index contributed by atoms with van der Waals surface area (Å²) in [5, 5.41) is 16.5. The topological polar surface area (TPSA) is 90.6 Å². The van der Waals surface area contributed by atoms with Crippen molar-refractivity contribution in [1.82, 2.24) is 25.1 Å². The maximum Gasteiger partial charge on any atom is 0.230 e. The van der Waals surface area contributed by atoms with E-state index in [1.165, 1.54) is 11.8 Å². The number of ether oxygens (including phenoxy) is 2. The molecule has 0 saturated carbocycles. The van der Waals surface area contributed by atoms with Gasteiger partial charge in [-0.05, 0) is 67.4 Å². The highest BCUT2D eigenvalue weighted by Gasteiger charge is 2.12. The highest BCUT2D eigenvalue weighted by Crippen LogP contribution is 2.23. The van der Waals surface area contributed by atoms with Crippen molar-refractivity contribution in [2.75, 3.05) is 26.0 Å². The minimum atomic E-state index is -0.0621. The lowest BCUT2D eigenvalue weighted by atomic mass is 10.1. The average molecular weight is 464 g/mol. The number of benzene rings is 2. The van der Waals surface area contributed by atoms with Gasteiger partial charge in [-0.25, -0.2) is 0 Å². The molecule has 0 aliphatic carbocycles. The number of carbonyl (C=O) groups excluding carboxylic acids is 1. The molecule has 1 amide bonds. The first-order chi connectivity index (χ1) is 16.2. The minimum Gasteiger partial charge on any atom is -0.497 e. The predicted molar refractivity (Wildman–Crippen MR) is 128 cm³/mol. The molecule has 170 valence electrons. The molecule has 0 aliphatic heterocycles. The van der Waals surface area contributed by atoms with Crippen molar-refractivity contribution in [3.8, 4) is 22.8 Å². The molecule has 4 rings (SSSR count). The summed E-state index contributed by atoms with van der Waals surface area (Å²) in [6.07, 6.45) is 0.751. The van der Waals surface area contributed by atoms with Gasteiger partial charge in [0.25, 0.3) is 0 Å². The molecule has 0 saturated heterocycles. The van der Waals surface area contributed by atoms with Gasteiger partial charge in [-0.15, -0.1) is 10.2 Å². The molecule has 0 unspecified atom stereocenters. The number of aromatic nitrogens is 4. The smallest absolute Gasteiger partial charge is 0.230 e. The molecule has 4 aromatic rings. The van der Waals surface area contributed by atoms with Crippen LogP contribution in [0.25, 0.3) is 16.9 Å². The summed E-state index contributed by atoms with van der Waals surface area (Å²) in [5.41, 5.74) is 3.52. The maximum absolute atomic E-state index is 12.3. The second kappa shape index (κ2) is 10.8. The number of methoxy groups -OCH3 is 1. The zero-order valence-corrected chi connectivity index (χ0v) is 19.3. The van der Waals surface area contributed by atoms with Crippen LogP contribution in [-0.2, 0) is 11.2 Å². The monoisotopic (exact) mass is 463 g/mol. The van der Waals surface area contributed by atoms with E-state index >= 15 is 0 Å². The molecular weight excluding hydrogens is 438 g/mol. The van der Waals surface area contributed by atoms with Crippen molar-refractivity contribution < 1.29 is 14.3 Å². The molecule has 0 fully saturated rings. The number of rotatable bonds is 10. The Bertz CT molecular complexity index is 1210. The lowest BCUT2D eigenvalue weighted by Gasteiger charge is -2.07. The fourth-order valence-electron chi connectivity index (χ4n) is 3.22. The van der Waals surface area contributed by atoms with E-state index in [2.05, 4.69) is 20.6 Å². The van der Waals surface area contributed by atoms with Gasteiger partial charge in [0.1, 0.15) is 11.5 Å². The first kappa shape index (κ1) is 22.6. The molecule has 2 heterocycles. The number of thioether (sulfide) groups is 1. The average Bonchev–Trinajstić information content (AvgIpc) is 3.26. The van der Waals surface area contributed by atoms with Gasteiger partial charge in [0, 0.05) is 12.1 Å². The third-order valence-electron chi connectivity index (χ3n) is 4.92. The van der Waals surface area contributed by atoms with E-state index in [0.717, 1.165) is 34.7 Å². The van der Waals surface area contributed by atoms with Crippen LogP contribution in [0.4, 0.5) is 0 Å². The summed E-state index contributed by atoms with van der Waals surface area (Å²) in [6, 6.07) is 19.4. The summed E-state index contributed by atoms with van der Waals surface area (Å²) in [7, 11) is 1.64. The first-order valence-corrected chi connectivity index (χ1v) is 11.6. The highest BCUT2D eigenvalue weighted by atomic mass is 32.2. The SMILES string of the molecule is CCOc1ccc(-c2ccc3nnc(SCC(=O)NCCc4ccc(OC)cc4)n3n2)cc1. The summed E-state index contributed by atoms with van der Waals surface area (Å²) in [5.74, 6) is 1.81. The molecule has 33 heavy (non-hydrogen) atoms. The number of amides is 1. The lowest BCUT2D eigenvalue weighted by Crippen LogP contribution is -2.27. The Labute approximate surface area is 196 Å². The number of nitrogens with one attached hydrogen (secondary N) is 1. The van der Waals surface area contributed by atoms with E-state index in [1.807, 2.05) is 67.6 Å². The van der Waals surface area contributed by atoms with E-state index < -0.39 is 0 Å². The third-order valence-corrected chi connectivity index (χ3v) is 5.84. The normalized spacial score (nSPS) is 10.8. The third kappa shape index (κ3) is 5.81. The van der Waals surface area contributed by atoms with Crippen LogP contribution >= 0.6 is 11.8 Å². The predicted octanol–water partition coefficient (Wildman–Crippen LogP) is 3.65. The molecule has 0 bridgehead atoms. The number of hydrogen-bond donors (Lipinski definition) is 1. The largest absolute Gasteiger partial charge is 0.497 e. The molecule has 8 nitrogen and oxygen atoms in total. The van der Waals surface area contributed by atoms with Crippen LogP contribution in [-0.4, -0.2) is 51.7 Å². The Morgan fingerprint density at radius 3 is 2.48 bits per heavy atom. The molecule has 0 radical (unpaired) electrons. The zero-order valence-electron chi connectivity index (χ0n) is 18.5. The number of nitrogens with zero attached hydrogens (tertiary/aromatic N) is 4. The zero-order chi connectivity index (χ0) is 23.0. The van der Waals surface area contributed by atoms with Crippen LogP contribution in [0.5, 0.6) is 11.5 Å². The van der Waals surface area contributed by atoms with Crippen molar-refractivity contribution in [3.63, 3.8) is 0 Å². The van der Waals surface area contributed by atoms with Crippen molar-refractivity contribution in [3.05, 3.63) is 66.2 Å². The molecule has 2 aromatic heterocycles. The molecule has 2 aromatic carbocycles. The summed E-state index contributed by atoms with van der Waals surface area (Å²) < 4.78 is 12.3. The van der Waals surface area contributed by atoms with Gasteiger partial charge in [-0.1, -0.05) is 23.9 Å². The fourth-order valence-corrected chi connectivity index (χ4v) is 3.94. The van der Waals surface area contributed by atoms with Crippen molar-refractivity contribution >= 4 is 23.3 Å². The number of hydrogen-bond acceptors (Lipinski definition) is 7. The second-order valence-electron chi connectivity index (χ2n) is 7.17. The highest BCUT2D eigenvalue weighted by molar-refractivity contribution is 7.99. The van der Waals surface area contributed by atoms with Gasteiger partial charge in [-0.3, -0.25) is 4.79 Å². The Morgan fingerprint density at radius 1 is 1.00 bits per heavy atom. The molecule has 0 atom stereocenters. The second-order valence-corrected chi connectivity index (χ2v) is 8.11. The molecular formula is C24H25N5O3S. The van der Waals surface area contributed by atoms with Crippen LogP contribution in [0, 0.1) is 0 Å². The van der Waals surface area contributed by atoms with Gasteiger partial charge < -0.3 is 14.8 Å². The molecule has 1 N–H and O–H groups in total. The van der Waals surface area contributed by atoms with Gasteiger partial charge in [-0.2, -0.15) is 9.61 Å². The van der Waals surface area contributed by atoms with E-state index in [4.69, 9.17) is 9.47 Å². The summed E-state index contributed by atoms with van der Waals surface area (Å²) >= 11 is 1.31. The standard InChI is InChI=1S/C24H25N5O3S/c1-3-32-20-10-6-18(7-11-20)21-12-13-22-26-27-24(29(22)28-21)33-16-23(30)25-15-14-17-4-8-19(31-2)9-5-17/h4-13H,3,14-16H2,1-2H3,(H,25,30). The van der Waals surface area contributed by atoms with Gasteiger partial charge in [0.05, 0.1) is 25.2 Å². The number of carbonyl (C=O) groups is 1. The van der Waals surface area contributed by atoms with Gasteiger partial charge >= 0.3 is 0 Å². The minimum absolute atomic E-state index is 0.0621. The summed E-state index contributed by atoms with van der Waals surface area (Å²) in [6.45, 7) is 3.14. The van der Waals surface area contributed by atoms with Crippen molar-refractivity contribution in [1.29, 1.82) is 0 Å². The Kier molecular flexibility index (Phi) is 7.41. The first-order valence-electron chi connectivity index (χ1n) is 10.6. The Balaban J connectivity index is 1.34.